The second-order valence-electron chi connectivity index (χ2n) is 22.5. The van der Waals surface area contributed by atoms with Crippen LogP contribution in [0.4, 0.5) is 17.1 Å². The molecule has 4 aliphatic rings. The molecule has 22 heteroatoms. The largest absolute Gasteiger partial charge is 0.480 e. The Labute approximate surface area is 551 Å². The van der Waals surface area contributed by atoms with Crippen molar-refractivity contribution >= 4 is 116 Å². The van der Waals surface area contributed by atoms with E-state index in [0.717, 1.165) is 39.2 Å². The molecule has 7 atom stereocenters. The summed E-state index contributed by atoms with van der Waals surface area (Å²) in [5, 5.41) is 28.5. The zero-order valence-corrected chi connectivity index (χ0v) is 54.0. The van der Waals surface area contributed by atoms with Gasteiger partial charge in [0.05, 0.1) is 37.8 Å². The van der Waals surface area contributed by atoms with Gasteiger partial charge in [-0.2, -0.15) is 40.5 Å². The molecule has 1 fully saturated rings. The van der Waals surface area contributed by atoms with Crippen molar-refractivity contribution in [2.75, 3.05) is 34.3 Å². The number of hydrogen-bond donors (Lipinski definition) is 5. The highest BCUT2D eigenvalue weighted by molar-refractivity contribution is 7.59. The normalized spacial score (nSPS) is 18.8. The molecular weight excluding hydrogens is 1220 g/mol. The molecule has 0 spiro atoms. The van der Waals surface area contributed by atoms with E-state index in [-0.39, 0.29) is 119 Å². The second-order valence-corrected chi connectivity index (χ2v) is 22.5. The Hall–Kier alpha value is -8.25. The Bertz CT molecular complexity index is 3420. The summed E-state index contributed by atoms with van der Waals surface area (Å²) >= 11 is 0. The van der Waals surface area contributed by atoms with Gasteiger partial charge in [-0.05, 0) is 118 Å². The monoisotopic (exact) mass is 1300 g/mol. The van der Waals surface area contributed by atoms with Gasteiger partial charge in [-0.25, -0.2) is 0 Å². The summed E-state index contributed by atoms with van der Waals surface area (Å²) < 4.78 is 5.54. The van der Waals surface area contributed by atoms with Crippen molar-refractivity contribution in [1.82, 2.24) is 16.0 Å². The van der Waals surface area contributed by atoms with Crippen molar-refractivity contribution in [2.24, 2.45) is 0 Å². The van der Waals surface area contributed by atoms with Crippen LogP contribution in [0.3, 0.4) is 0 Å². The quantitative estimate of drug-likeness (QED) is 0.0341. The molecule has 4 heterocycles. The first kappa shape index (κ1) is 73.5. The summed E-state index contributed by atoms with van der Waals surface area (Å²) in [4.78, 5) is 128. The maximum atomic E-state index is 13.2. The van der Waals surface area contributed by atoms with Crippen LogP contribution in [-0.4, -0.2) is 125 Å². The zero-order chi connectivity index (χ0) is 62.9. The molecule has 0 radical (unpaired) electrons. The Morgan fingerprint density at radius 2 is 0.857 bits per heavy atom. The number of carbonyl (C=O) groups is 10. The number of Topliss-reactive ketones (excluding diaryl/α,β-unsaturated/α-hetero) is 4. The Morgan fingerprint density at radius 3 is 1.29 bits per heavy atom. The number of amides is 3. The molecule has 0 aliphatic carbocycles. The topological polar surface area (TPSA) is 266 Å². The molecule has 0 saturated carbocycles. The number of hydrogen-bond acceptors (Lipinski definition) is 14. The molecule has 6 aromatic carbocycles. The van der Waals surface area contributed by atoms with Gasteiger partial charge in [0.1, 0.15) is 41.6 Å². The van der Waals surface area contributed by atoms with Gasteiger partial charge in [0.25, 0.3) is 0 Å². The Morgan fingerprint density at radius 1 is 0.484 bits per heavy atom. The minimum Gasteiger partial charge on any atom is -0.480 e. The minimum atomic E-state index is -1.22. The van der Waals surface area contributed by atoms with Gasteiger partial charge in [0.2, 0.25) is 17.7 Å². The summed E-state index contributed by atoms with van der Waals surface area (Å²) in [5.41, 5.74) is 7.52. The van der Waals surface area contributed by atoms with Crippen LogP contribution in [0.1, 0.15) is 104 Å². The van der Waals surface area contributed by atoms with Gasteiger partial charge in [-0.15, -0.1) is 0 Å². The van der Waals surface area contributed by atoms with Crippen molar-refractivity contribution in [3.63, 3.8) is 0 Å². The number of ether oxygens (including phenoxy) is 1. The van der Waals surface area contributed by atoms with E-state index in [0.29, 0.717) is 69.0 Å². The van der Waals surface area contributed by atoms with Crippen LogP contribution in [0.15, 0.2) is 164 Å². The van der Waals surface area contributed by atoms with E-state index in [1.807, 2.05) is 121 Å². The average Bonchev–Trinajstić information content (AvgIpc) is 1.97. The van der Waals surface area contributed by atoms with Crippen LogP contribution in [0.2, 0.25) is 0 Å². The number of benzene rings is 6. The standard InChI is InChI=1S/C23H24N2O5.C23H24N2O4.C23H26N2O4.3H2S/c1-15(26)14-25-20-10-6-5-7-16(20)11-12-18(22(25)28)24-19(23(29)30)13-21(27)17-8-3-2-4-9-17;1-15(26)14-25-20-10-6-5-7-16(20)11-12-18(22(25)27)24-19-13-21(29-23(19)28)17-8-3-2-4-9-17;1-16(26)15-25-21-10-6-5-9-18(21)12-14-19(22(25)27)24-20(23(28)29)13-11-17-7-3-2-4-8-17;;;/h2-10,18-19,24H,11-14H2,1H3,(H,29,30);2-10,18-19,21,24H,11-14H2,1H3;2-10,19-20,24H,11-15H2,1H3,(H,28,29);3*1H2/t18-,19?;18-,19?,21?;19-,20?;;;/m000.../s1. The SMILES string of the molecule is CC(=O)CN1C(=O)[C@@H](NC(CC(=O)c2ccccc2)C(=O)O)CCc2ccccc21.CC(=O)CN1C(=O)[C@@H](NC(CCc2ccccc2)C(=O)O)CCc2ccccc21.CC(=O)CN1C(=O)[C@@H](NC2CC(c3ccccc3)OC2=O)CCc2ccccc21.S.S.S. The summed E-state index contributed by atoms with van der Waals surface area (Å²) in [7, 11) is 0. The maximum absolute atomic E-state index is 13.2. The van der Waals surface area contributed by atoms with Crippen molar-refractivity contribution in [3.05, 3.63) is 197 Å². The highest BCUT2D eigenvalue weighted by atomic mass is 32.1. The molecule has 6 aromatic rings. The van der Waals surface area contributed by atoms with Gasteiger partial charge in [-0.1, -0.05) is 146 Å². The number of nitrogens with one attached hydrogen (secondary N) is 3. The molecule has 0 aromatic heterocycles. The lowest BCUT2D eigenvalue weighted by Gasteiger charge is -2.27. The van der Waals surface area contributed by atoms with Crippen molar-refractivity contribution < 1.29 is 62.9 Å². The Kier molecular flexibility index (Phi) is 28.6. The smallest absolute Gasteiger partial charge is 0.323 e. The number of carboxylic acid groups (broad SMARTS) is 2. The first-order valence-electron chi connectivity index (χ1n) is 29.6. The molecule has 482 valence electrons. The molecule has 1 saturated heterocycles. The van der Waals surface area contributed by atoms with E-state index in [2.05, 4.69) is 16.0 Å². The second kappa shape index (κ2) is 35.4. The molecule has 5 N–H and O–H groups in total. The third-order valence-corrected chi connectivity index (χ3v) is 15.8. The van der Waals surface area contributed by atoms with E-state index >= 15 is 0 Å². The van der Waals surface area contributed by atoms with Gasteiger partial charge in [0.15, 0.2) is 5.78 Å². The number of esters is 1. The van der Waals surface area contributed by atoms with Crippen molar-refractivity contribution in [1.29, 1.82) is 0 Å². The van der Waals surface area contributed by atoms with Crippen LogP contribution in [-0.2, 0) is 73.6 Å². The summed E-state index contributed by atoms with van der Waals surface area (Å²) in [6.07, 6.45) is 4.16. The van der Waals surface area contributed by atoms with E-state index < -0.39 is 48.2 Å². The number of anilines is 3. The highest BCUT2D eigenvalue weighted by Gasteiger charge is 2.41. The van der Waals surface area contributed by atoms with E-state index in [1.54, 1.807) is 42.5 Å². The number of rotatable bonds is 21. The van der Waals surface area contributed by atoms with Crippen LogP contribution < -0.4 is 30.7 Å². The number of aliphatic carboxylic acids is 2. The number of fused-ring (bicyclic) bond motifs is 3. The molecule has 91 heavy (non-hydrogen) atoms. The zero-order valence-electron chi connectivity index (χ0n) is 51.0. The number of nitrogens with zero attached hydrogens (tertiary/aromatic N) is 3. The number of carboxylic acids is 2. The summed E-state index contributed by atoms with van der Waals surface area (Å²) in [5.74, 6) is -4.02. The molecule has 10 rings (SSSR count). The van der Waals surface area contributed by atoms with Crippen LogP contribution >= 0.6 is 40.5 Å². The molecule has 0 bridgehead atoms. The van der Waals surface area contributed by atoms with E-state index in [1.165, 1.54) is 35.5 Å². The third-order valence-electron chi connectivity index (χ3n) is 15.8. The third kappa shape index (κ3) is 20.1. The van der Waals surface area contributed by atoms with Crippen LogP contribution in [0.25, 0.3) is 0 Å². The van der Waals surface area contributed by atoms with Crippen molar-refractivity contribution in [2.45, 2.75) is 127 Å². The first-order chi connectivity index (χ1) is 42.3. The summed E-state index contributed by atoms with van der Waals surface area (Å²) in [6.45, 7) is 4.24. The number of ketones is 4. The number of aryl methyl sites for hydroxylation is 4. The molecule has 4 unspecified atom stereocenters. The van der Waals surface area contributed by atoms with E-state index in [4.69, 9.17) is 4.74 Å². The highest BCUT2D eigenvalue weighted by Crippen LogP contribution is 2.33. The number of carbonyl (C=O) groups excluding carboxylic acids is 8. The van der Waals surface area contributed by atoms with Gasteiger partial charge in [0, 0.05) is 35.5 Å². The Balaban J connectivity index is 0.000000244. The van der Waals surface area contributed by atoms with Crippen LogP contribution in [0, 0.1) is 0 Å². The fraction of sp³-hybridized carbons (Fsp3) is 0.333. The molecular formula is C69H80N6O13S3. The maximum Gasteiger partial charge on any atom is 0.323 e. The molecule has 3 amide bonds. The fourth-order valence-electron chi connectivity index (χ4n) is 11.5. The van der Waals surface area contributed by atoms with Gasteiger partial charge < -0.3 is 29.6 Å². The number of para-hydroxylation sites is 3. The number of cyclic esters (lactones) is 1. The predicted octanol–water partition coefficient (Wildman–Crippen LogP) is 7.75. The first-order valence-corrected chi connectivity index (χ1v) is 29.6. The minimum absolute atomic E-state index is 0. The predicted molar refractivity (Wildman–Crippen MR) is 362 cm³/mol. The lowest BCUT2D eigenvalue weighted by Crippen LogP contribution is -2.53. The fourth-order valence-corrected chi connectivity index (χ4v) is 11.5. The lowest BCUT2D eigenvalue weighted by atomic mass is 10.0. The molecule has 4 aliphatic heterocycles. The van der Waals surface area contributed by atoms with Gasteiger partial charge in [-0.3, -0.25) is 63.9 Å². The average molecular weight is 1300 g/mol. The van der Waals surface area contributed by atoms with E-state index in [9.17, 15) is 58.2 Å². The molecule has 19 nitrogen and oxygen atoms in total. The summed E-state index contributed by atoms with van der Waals surface area (Å²) in [6, 6.07) is 45.6. The lowest BCUT2D eigenvalue weighted by molar-refractivity contribution is -0.143. The van der Waals surface area contributed by atoms with Gasteiger partial charge >= 0.3 is 17.9 Å². The van der Waals surface area contributed by atoms with Crippen molar-refractivity contribution in [3.8, 4) is 0 Å². The van der Waals surface area contributed by atoms with Crippen LogP contribution in [0.5, 0.6) is 0 Å².